The van der Waals surface area contributed by atoms with Gasteiger partial charge in [-0.25, -0.2) is 12.7 Å². The lowest BCUT2D eigenvalue weighted by molar-refractivity contribution is 0.102. The van der Waals surface area contributed by atoms with Crippen LogP contribution in [0.15, 0.2) is 47.4 Å². The lowest BCUT2D eigenvalue weighted by Crippen LogP contribution is -2.22. The van der Waals surface area contributed by atoms with Crippen LogP contribution in [-0.4, -0.2) is 37.7 Å². The summed E-state index contributed by atoms with van der Waals surface area (Å²) in [5.41, 5.74) is 4.28. The Hall–Kier alpha value is -2.77. The van der Waals surface area contributed by atoms with Crippen molar-refractivity contribution in [2.45, 2.75) is 32.1 Å². The number of nitrogens with one attached hydrogen (secondary N) is 1. The molecule has 0 atom stereocenters. The molecule has 2 aromatic carbocycles. The molecule has 0 fully saturated rings. The number of amides is 1. The van der Waals surface area contributed by atoms with Crippen LogP contribution in [0.4, 0.5) is 5.69 Å². The average Bonchev–Trinajstić information content (AvgIpc) is 2.68. The normalized spacial score (nSPS) is 11.8. The van der Waals surface area contributed by atoms with Crippen molar-refractivity contribution < 1.29 is 13.2 Å². The molecule has 1 aromatic heterocycles. The molecule has 0 unspecified atom stereocenters. The van der Waals surface area contributed by atoms with Gasteiger partial charge in [-0.3, -0.25) is 9.78 Å². The van der Waals surface area contributed by atoms with Crippen molar-refractivity contribution in [1.82, 2.24) is 9.29 Å². The highest BCUT2D eigenvalue weighted by atomic mass is 32.2. The van der Waals surface area contributed by atoms with E-state index in [2.05, 4.69) is 10.3 Å². The van der Waals surface area contributed by atoms with Crippen LogP contribution in [0, 0.1) is 13.8 Å². The summed E-state index contributed by atoms with van der Waals surface area (Å²) in [6.07, 6.45) is 0.715. The number of hydrogen-bond acceptors (Lipinski definition) is 4. The fourth-order valence-corrected chi connectivity index (χ4v) is 4.22. The van der Waals surface area contributed by atoms with Crippen molar-refractivity contribution in [3.8, 4) is 0 Å². The first kappa shape index (κ1) is 21.0. The second-order valence-corrected chi connectivity index (χ2v) is 9.30. The summed E-state index contributed by atoms with van der Waals surface area (Å²) in [5, 5.41) is 3.69. The zero-order valence-corrected chi connectivity index (χ0v) is 18.1. The van der Waals surface area contributed by atoms with Crippen LogP contribution in [0.5, 0.6) is 0 Å². The number of aryl methyl sites for hydroxylation is 2. The van der Waals surface area contributed by atoms with E-state index < -0.39 is 10.0 Å². The molecule has 1 amide bonds. The molecule has 0 bridgehead atoms. The zero-order chi connectivity index (χ0) is 21.3. The van der Waals surface area contributed by atoms with Crippen molar-refractivity contribution in [1.29, 1.82) is 0 Å². The zero-order valence-electron chi connectivity index (χ0n) is 17.3. The highest BCUT2D eigenvalue weighted by Gasteiger charge is 2.21. The maximum absolute atomic E-state index is 13.3. The molecule has 0 aliphatic heterocycles. The second-order valence-electron chi connectivity index (χ2n) is 7.15. The smallest absolute Gasteiger partial charge is 0.256 e. The number of carbonyl (C=O) groups is 1. The van der Waals surface area contributed by atoms with Crippen LogP contribution in [0.3, 0.4) is 0 Å². The highest BCUT2D eigenvalue weighted by Crippen LogP contribution is 2.27. The number of nitrogens with zero attached hydrogens (tertiary/aromatic N) is 2. The lowest BCUT2D eigenvalue weighted by atomic mass is 9.99. The molecule has 0 saturated heterocycles. The first-order chi connectivity index (χ1) is 13.7. The number of anilines is 1. The fourth-order valence-electron chi connectivity index (χ4n) is 3.29. The van der Waals surface area contributed by atoms with Gasteiger partial charge in [-0.1, -0.05) is 31.2 Å². The molecule has 29 heavy (non-hydrogen) atoms. The Bertz CT molecular complexity index is 1200. The molecular weight excluding hydrogens is 386 g/mol. The SMILES string of the molecule is CCc1nc2ccccc2c(C(=O)Nc2cc(S(=O)(=O)N(C)C)ccc2C)c1C. The van der Waals surface area contributed by atoms with Gasteiger partial charge in [0.1, 0.15) is 0 Å². The Morgan fingerprint density at radius 3 is 2.45 bits per heavy atom. The number of rotatable bonds is 5. The van der Waals surface area contributed by atoms with E-state index in [1.165, 1.54) is 20.2 Å². The van der Waals surface area contributed by atoms with E-state index in [-0.39, 0.29) is 10.8 Å². The largest absolute Gasteiger partial charge is 0.322 e. The summed E-state index contributed by atoms with van der Waals surface area (Å²) in [6, 6.07) is 12.3. The van der Waals surface area contributed by atoms with E-state index in [1.54, 1.807) is 12.1 Å². The predicted octanol–water partition coefficient (Wildman–Crippen LogP) is 3.92. The van der Waals surface area contributed by atoms with Gasteiger partial charge in [0, 0.05) is 30.9 Å². The third kappa shape index (κ3) is 3.88. The Balaban J connectivity index is 2.09. The van der Waals surface area contributed by atoms with E-state index >= 15 is 0 Å². The quantitative estimate of drug-likeness (QED) is 0.690. The molecule has 6 nitrogen and oxygen atoms in total. The van der Waals surface area contributed by atoms with Gasteiger partial charge in [0.25, 0.3) is 5.91 Å². The molecule has 3 rings (SSSR count). The first-order valence-electron chi connectivity index (χ1n) is 9.39. The van der Waals surface area contributed by atoms with Crippen LogP contribution in [0.1, 0.15) is 34.1 Å². The minimum atomic E-state index is -3.60. The average molecular weight is 412 g/mol. The topological polar surface area (TPSA) is 79.4 Å². The Morgan fingerprint density at radius 1 is 1.10 bits per heavy atom. The van der Waals surface area contributed by atoms with Gasteiger partial charge < -0.3 is 5.32 Å². The monoisotopic (exact) mass is 411 g/mol. The molecule has 7 heteroatoms. The predicted molar refractivity (Wildman–Crippen MR) is 116 cm³/mol. The molecule has 0 aliphatic rings. The van der Waals surface area contributed by atoms with E-state index in [4.69, 9.17) is 0 Å². The number of sulfonamides is 1. The summed E-state index contributed by atoms with van der Waals surface area (Å²) < 4.78 is 26.1. The van der Waals surface area contributed by atoms with E-state index in [9.17, 15) is 13.2 Å². The maximum atomic E-state index is 13.3. The van der Waals surface area contributed by atoms with Crippen LogP contribution < -0.4 is 5.32 Å². The van der Waals surface area contributed by atoms with Gasteiger partial charge in [0.2, 0.25) is 10.0 Å². The van der Waals surface area contributed by atoms with Gasteiger partial charge in [-0.15, -0.1) is 0 Å². The standard InChI is InChI=1S/C22H25N3O3S/c1-6-18-15(3)21(17-9-7-8-10-19(17)23-18)22(26)24-20-13-16(12-11-14(20)2)29(27,28)25(4)5/h7-13H,6H2,1-5H3,(H,24,26). The minimum absolute atomic E-state index is 0.133. The molecule has 1 N–H and O–H groups in total. The highest BCUT2D eigenvalue weighted by molar-refractivity contribution is 7.89. The summed E-state index contributed by atoms with van der Waals surface area (Å²) in [6.45, 7) is 5.73. The maximum Gasteiger partial charge on any atom is 0.256 e. The molecule has 0 saturated carbocycles. The van der Waals surface area contributed by atoms with Crippen LogP contribution in [0.2, 0.25) is 0 Å². The number of aromatic nitrogens is 1. The van der Waals surface area contributed by atoms with Crippen molar-refractivity contribution in [2.75, 3.05) is 19.4 Å². The van der Waals surface area contributed by atoms with Crippen molar-refractivity contribution in [2.24, 2.45) is 0 Å². The van der Waals surface area contributed by atoms with E-state index in [0.29, 0.717) is 17.7 Å². The summed E-state index contributed by atoms with van der Waals surface area (Å²) in [5.74, 6) is -0.279. The summed E-state index contributed by atoms with van der Waals surface area (Å²) in [4.78, 5) is 18.1. The molecule has 1 heterocycles. The Morgan fingerprint density at radius 2 is 1.79 bits per heavy atom. The molecular formula is C22H25N3O3S. The van der Waals surface area contributed by atoms with Crippen LogP contribution >= 0.6 is 0 Å². The second kappa shape index (κ2) is 7.93. The number of pyridine rings is 1. The van der Waals surface area contributed by atoms with Crippen molar-refractivity contribution >= 4 is 32.5 Å². The van der Waals surface area contributed by atoms with Crippen molar-refractivity contribution in [3.63, 3.8) is 0 Å². The van der Waals surface area contributed by atoms with Gasteiger partial charge in [-0.05, 0) is 49.6 Å². The van der Waals surface area contributed by atoms with Gasteiger partial charge >= 0.3 is 0 Å². The molecule has 3 aromatic rings. The van der Waals surface area contributed by atoms with Crippen molar-refractivity contribution in [3.05, 3.63) is 64.8 Å². The van der Waals surface area contributed by atoms with E-state index in [0.717, 1.165) is 32.0 Å². The molecule has 0 spiro atoms. The van der Waals surface area contributed by atoms with E-state index in [1.807, 2.05) is 45.0 Å². The Kier molecular flexibility index (Phi) is 5.73. The number of hydrogen-bond donors (Lipinski definition) is 1. The summed E-state index contributed by atoms with van der Waals surface area (Å²) >= 11 is 0. The summed E-state index contributed by atoms with van der Waals surface area (Å²) in [7, 11) is -0.641. The molecule has 0 aliphatic carbocycles. The van der Waals surface area contributed by atoms with Gasteiger partial charge in [0.15, 0.2) is 0 Å². The van der Waals surface area contributed by atoms with Crippen LogP contribution in [0.25, 0.3) is 10.9 Å². The molecule has 0 radical (unpaired) electrons. The fraction of sp³-hybridized carbons (Fsp3) is 0.273. The first-order valence-corrected chi connectivity index (χ1v) is 10.8. The Labute approximate surface area is 171 Å². The number of fused-ring (bicyclic) bond motifs is 1. The third-order valence-corrected chi connectivity index (χ3v) is 6.85. The number of carbonyl (C=O) groups excluding carboxylic acids is 1. The van der Waals surface area contributed by atoms with Gasteiger partial charge in [0.05, 0.1) is 16.0 Å². The number of benzene rings is 2. The van der Waals surface area contributed by atoms with Gasteiger partial charge in [-0.2, -0.15) is 0 Å². The minimum Gasteiger partial charge on any atom is -0.322 e. The third-order valence-electron chi connectivity index (χ3n) is 5.03. The van der Waals surface area contributed by atoms with Crippen LogP contribution in [-0.2, 0) is 16.4 Å². The molecule has 152 valence electrons. The lowest BCUT2D eigenvalue weighted by Gasteiger charge is -2.16. The number of para-hydroxylation sites is 1.